The summed E-state index contributed by atoms with van der Waals surface area (Å²) in [7, 11) is 5.51. The first kappa shape index (κ1) is 25.8. The molecule has 1 N–H and O–H groups in total. The minimum atomic E-state index is 0. The number of ether oxygens (including phenoxy) is 3. The maximum atomic E-state index is 6.09. The Morgan fingerprint density at radius 2 is 1.90 bits per heavy atom. The predicted molar refractivity (Wildman–Crippen MR) is 130 cm³/mol. The normalized spacial score (nSPS) is 19.9. The van der Waals surface area contributed by atoms with Crippen molar-refractivity contribution in [2.24, 2.45) is 16.3 Å². The Hall–Kier alpha value is -1.22. The first-order valence-electron chi connectivity index (χ1n) is 10.2. The molecule has 1 aliphatic heterocycles. The first-order chi connectivity index (χ1) is 13.3. The Balaban J connectivity index is 0.00000420. The van der Waals surface area contributed by atoms with E-state index in [1.54, 1.807) is 7.11 Å². The highest BCUT2D eigenvalue weighted by Crippen LogP contribution is 2.33. The second kappa shape index (κ2) is 12.5. The van der Waals surface area contributed by atoms with Crippen molar-refractivity contribution >= 4 is 29.9 Å². The van der Waals surface area contributed by atoms with Crippen LogP contribution in [0.3, 0.4) is 0 Å². The van der Waals surface area contributed by atoms with Crippen LogP contribution in [-0.2, 0) is 4.74 Å². The first-order valence-corrected chi connectivity index (χ1v) is 10.2. The zero-order chi connectivity index (χ0) is 20.6. The van der Waals surface area contributed by atoms with E-state index in [0.29, 0.717) is 12.5 Å². The monoisotopic (exact) mass is 519 g/mol. The van der Waals surface area contributed by atoms with Crippen LogP contribution in [0.2, 0.25) is 0 Å². The number of halogens is 1. The Kier molecular flexibility index (Phi) is 11.1. The van der Waals surface area contributed by atoms with Gasteiger partial charge in [-0.2, -0.15) is 0 Å². The van der Waals surface area contributed by atoms with Gasteiger partial charge in [-0.3, -0.25) is 4.99 Å². The number of hydrogen-bond acceptors (Lipinski definition) is 4. The van der Waals surface area contributed by atoms with Crippen molar-refractivity contribution in [3.63, 3.8) is 0 Å². The third kappa shape index (κ3) is 8.20. The van der Waals surface area contributed by atoms with Crippen LogP contribution in [-0.4, -0.2) is 64.5 Å². The summed E-state index contributed by atoms with van der Waals surface area (Å²) >= 11 is 0. The molecule has 29 heavy (non-hydrogen) atoms. The van der Waals surface area contributed by atoms with Crippen molar-refractivity contribution in [1.82, 2.24) is 10.2 Å². The van der Waals surface area contributed by atoms with Gasteiger partial charge in [-0.15, -0.1) is 24.0 Å². The molecule has 0 radical (unpaired) electrons. The van der Waals surface area contributed by atoms with Crippen LogP contribution in [0.1, 0.15) is 33.6 Å². The summed E-state index contributed by atoms with van der Waals surface area (Å²) in [6.07, 6.45) is 2.59. The van der Waals surface area contributed by atoms with E-state index in [4.69, 9.17) is 14.2 Å². The molecule has 7 heteroatoms. The van der Waals surface area contributed by atoms with Gasteiger partial charge >= 0.3 is 0 Å². The fraction of sp³-hybridized carbons (Fsp3) is 0.682. The Morgan fingerprint density at radius 1 is 1.24 bits per heavy atom. The lowest BCUT2D eigenvalue weighted by atomic mass is 9.78. The van der Waals surface area contributed by atoms with E-state index in [2.05, 4.69) is 36.0 Å². The molecule has 0 amide bonds. The van der Waals surface area contributed by atoms with Crippen LogP contribution in [0.15, 0.2) is 29.3 Å². The van der Waals surface area contributed by atoms with Crippen molar-refractivity contribution in [2.75, 3.05) is 47.5 Å². The molecule has 0 saturated carbocycles. The average molecular weight is 519 g/mol. The van der Waals surface area contributed by atoms with Gasteiger partial charge in [0.15, 0.2) is 5.96 Å². The molecule has 0 aromatic heterocycles. The molecule has 1 saturated heterocycles. The fourth-order valence-electron chi connectivity index (χ4n) is 3.69. The van der Waals surface area contributed by atoms with E-state index in [9.17, 15) is 0 Å². The summed E-state index contributed by atoms with van der Waals surface area (Å²) in [6, 6.07) is 7.64. The minimum Gasteiger partial charge on any atom is -0.497 e. The largest absolute Gasteiger partial charge is 0.497 e. The third-order valence-corrected chi connectivity index (χ3v) is 5.15. The lowest BCUT2D eigenvalue weighted by Crippen LogP contribution is -2.48. The van der Waals surface area contributed by atoms with Crippen LogP contribution in [0.25, 0.3) is 0 Å². The van der Waals surface area contributed by atoms with E-state index in [1.165, 1.54) is 6.42 Å². The minimum absolute atomic E-state index is 0. The van der Waals surface area contributed by atoms with Crippen molar-refractivity contribution < 1.29 is 14.2 Å². The van der Waals surface area contributed by atoms with Crippen molar-refractivity contribution in [1.29, 1.82) is 0 Å². The maximum Gasteiger partial charge on any atom is 0.193 e. The number of nitrogens with one attached hydrogen (secondary N) is 1. The molecule has 0 spiro atoms. The zero-order valence-electron chi connectivity index (χ0n) is 18.7. The Morgan fingerprint density at radius 3 is 2.48 bits per heavy atom. The highest BCUT2D eigenvalue weighted by atomic mass is 127. The van der Waals surface area contributed by atoms with E-state index in [0.717, 1.165) is 43.6 Å². The fourth-order valence-corrected chi connectivity index (χ4v) is 3.69. The summed E-state index contributed by atoms with van der Waals surface area (Å²) in [4.78, 5) is 6.52. The molecule has 2 atom stereocenters. The number of guanidine groups is 1. The number of methoxy groups -OCH3 is 1. The molecular weight excluding hydrogens is 481 g/mol. The SMILES string of the molecule is CN=C(NCC1CCCOC1C(C)(C)C)N(C)CCOc1ccc(OC)cc1.I. The van der Waals surface area contributed by atoms with Gasteiger partial charge in [-0.25, -0.2) is 0 Å². The zero-order valence-corrected chi connectivity index (χ0v) is 21.1. The second-order valence-corrected chi connectivity index (χ2v) is 8.43. The standard InChI is InChI=1S/C22H37N3O3.HI/c1-22(2,3)20-17(8-7-14-28-20)16-24-21(23-4)25(5)13-15-27-19-11-9-18(26-6)10-12-19;/h9-12,17,20H,7-8,13-16H2,1-6H3,(H,23,24);1H. The number of hydrogen-bond donors (Lipinski definition) is 1. The number of rotatable bonds is 7. The molecule has 2 unspecified atom stereocenters. The molecule has 0 bridgehead atoms. The number of nitrogens with zero attached hydrogens (tertiary/aromatic N) is 2. The van der Waals surface area contributed by atoms with Crippen LogP contribution >= 0.6 is 24.0 Å². The van der Waals surface area contributed by atoms with Crippen LogP contribution in [0, 0.1) is 11.3 Å². The summed E-state index contributed by atoms with van der Waals surface area (Å²) < 4.78 is 17.1. The number of aliphatic imine (C=N–C) groups is 1. The average Bonchev–Trinajstić information content (AvgIpc) is 2.68. The van der Waals surface area contributed by atoms with E-state index < -0.39 is 0 Å². The van der Waals surface area contributed by atoms with Gasteiger partial charge in [0, 0.05) is 33.2 Å². The molecule has 2 rings (SSSR count). The molecule has 166 valence electrons. The number of benzene rings is 1. The predicted octanol–water partition coefficient (Wildman–Crippen LogP) is 4.04. The van der Waals surface area contributed by atoms with Gasteiger partial charge in [0.05, 0.1) is 19.8 Å². The lowest BCUT2D eigenvalue weighted by molar-refractivity contribution is -0.0836. The van der Waals surface area contributed by atoms with Gasteiger partial charge in [-0.1, -0.05) is 20.8 Å². The third-order valence-electron chi connectivity index (χ3n) is 5.15. The highest BCUT2D eigenvalue weighted by molar-refractivity contribution is 14.0. The molecule has 1 aliphatic rings. The van der Waals surface area contributed by atoms with E-state index >= 15 is 0 Å². The molecule has 1 aromatic rings. The molecular formula is C22H38IN3O3. The summed E-state index contributed by atoms with van der Waals surface area (Å²) in [6.45, 7) is 9.85. The topological polar surface area (TPSA) is 55.3 Å². The van der Waals surface area contributed by atoms with E-state index in [-0.39, 0.29) is 35.5 Å². The summed E-state index contributed by atoms with van der Waals surface area (Å²) in [5, 5.41) is 3.53. The quantitative estimate of drug-likeness (QED) is 0.335. The maximum absolute atomic E-state index is 6.09. The molecule has 1 aromatic carbocycles. The van der Waals surface area contributed by atoms with Crippen LogP contribution in [0.4, 0.5) is 0 Å². The van der Waals surface area contributed by atoms with E-state index in [1.807, 2.05) is 38.4 Å². The van der Waals surface area contributed by atoms with Crippen LogP contribution < -0.4 is 14.8 Å². The van der Waals surface area contributed by atoms with Crippen molar-refractivity contribution in [3.8, 4) is 11.5 Å². The summed E-state index contributed by atoms with van der Waals surface area (Å²) in [5.41, 5.74) is 0.147. The smallest absolute Gasteiger partial charge is 0.193 e. The highest BCUT2D eigenvalue weighted by Gasteiger charge is 2.35. The van der Waals surface area contributed by atoms with Crippen molar-refractivity contribution in [2.45, 2.75) is 39.7 Å². The molecule has 6 nitrogen and oxygen atoms in total. The van der Waals surface area contributed by atoms with Gasteiger partial charge in [0.25, 0.3) is 0 Å². The molecule has 1 heterocycles. The Bertz CT molecular complexity index is 617. The lowest BCUT2D eigenvalue weighted by Gasteiger charge is -2.40. The van der Waals surface area contributed by atoms with Crippen molar-refractivity contribution in [3.05, 3.63) is 24.3 Å². The van der Waals surface area contributed by atoms with Gasteiger partial charge in [-0.05, 0) is 42.5 Å². The molecule has 1 fully saturated rings. The molecule has 0 aliphatic carbocycles. The van der Waals surface area contributed by atoms with Gasteiger partial charge < -0.3 is 24.4 Å². The second-order valence-electron chi connectivity index (χ2n) is 8.43. The Labute approximate surface area is 193 Å². The van der Waals surface area contributed by atoms with Crippen LogP contribution in [0.5, 0.6) is 11.5 Å². The van der Waals surface area contributed by atoms with Gasteiger partial charge in [0.2, 0.25) is 0 Å². The number of likely N-dealkylation sites (N-methyl/N-ethyl adjacent to an activating group) is 1. The van der Waals surface area contributed by atoms with Gasteiger partial charge in [0.1, 0.15) is 18.1 Å². The summed E-state index contributed by atoms with van der Waals surface area (Å²) in [5.74, 6) is 3.05.